The molecule has 1 heterocycles. The van der Waals surface area contributed by atoms with Gasteiger partial charge in [-0.25, -0.2) is 9.97 Å². The fourth-order valence-electron chi connectivity index (χ4n) is 1.81. The zero-order chi connectivity index (χ0) is 13.9. The van der Waals surface area contributed by atoms with Crippen LogP contribution < -0.4 is 15.2 Å². The predicted molar refractivity (Wildman–Crippen MR) is 77.0 cm³/mol. The van der Waals surface area contributed by atoms with E-state index in [1.807, 2.05) is 24.3 Å². The first-order chi connectivity index (χ1) is 9.76. The van der Waals surface area contributed by atoms with Crippen molar-refractivity contribution in [1.82, 2.24) is 9.97 Å². The number of nitrogens with two attached hydrogens (primary N) is 1. The van der Waals surface area contributed by atoms with Crippen molar-refractivity contribution < 1.29 is 9.47 Å². The van der Waals surface area contributed by atoms with Gasteiger partial charge in [0.05, 0.1) is 18.1 Å². The summed E-state index contributed by atoms with van der Waals surface area (Å²) >= 11 is 0. The van der Waals surface area contributed by atoms with Crippen molar-refractivity contribution in [3.63, 3.8) is 0 Å². The lowest BCUT2D eigenvalue weighted by atomic mass is 10.3. The van der Waals surface area contributed by atoms with Crippen LogP contribution in [-0.4, -0.2) is 17.1 Å². The zero-order valence-electron chi connectivity index (χ0n) is 10.9. The molecule has 20 heavy (non-hydrogen) atoms. The normalized spacial score (nSPS) is 10.4. The topological polar surface area (TPSA) is 70.3 Å². The highest BCUT2D eigenvalue weighted by Gasteiger charge is 2.11. The van der Waals surface area contributed by atoms with Crippen LogP contribution >= 0.6 is 0 Å². The molecule has 1 aromatic heterocycles. The van der Waals surface area contributed by atoms with Crippen LogP contribution in [0.15, 0.2) is 48.5 Å². The Hall–Kier alpha value is -2.82. The van der Waals surface area contributed by atoms with Gasteiger partial charge in [0.1, 0.15) is 5.75 Å². The number of rotatable bonds is 3. The number of nitrogens with zero attached hydrogens (tertiary/aromatic N) is 2. The first kappa shape index (κ1) is 12.2. The Labute approximate surface area is 116 Å². The lowest BCUT2D eigenvalue weighted by molar-refractivity contribution is 0.357. The van der Waals surface area contributed by atoms with E-state index in [9.17, 15) is 0 Å². The van der Waals surface area contributed by atoms with E-state index in [1.165, 1.54) is 7.11 Å². The average Bonchev–Trinajstić information content (AvgIpc) is 2.49. The molecule has 0 unspecified atom stereocenters. The van der Waals surface area contributed by atoms with Gasteiger partial charge in [0.25, 0.3) is 11.8 Å². The summed E-state index contributed by atoms with van der Waals surface area (Å²) in [6, 6.07) is 14.6. The van der Waals surface area contributed by atoms with Gasteiger partial charge < -0.3 is 15.2 Å². The Morgan fingerprint density at radius 1 is 0.850 bits per heavy atom. The van der Waals surface area contributed by atoms with Crippen LogP contribution in [0.3, 0.4) is 0 Å². The lowest BCUT2D eigenvalue weighted by Crippen LogP contribution is -1.97. The molecular formula is C15H13N3O2. The van der Waals surface area contributed by atoms with Crippen molar-refractivity contribution in [2.45, 2.75) is 0 Å². The Morgan fingerprint density at radius 2 is 1.45 bits per heavy atom. The third-order valence-corrected chi connectivity index (χ3v) is 2.80. The Balaban J connectivity index is 2.03. The number of hydrogen-bond acceptors (Lipinski definition) is 5. The van der Waals surface area contributed by atoms with Gasteiger partial charge in [0.15, 0.2) is 0 Å². The van der Waals surface area contributed by atoms with Crippen molar-refractivity contribution in [3.8, 4) is 17.5 Å². The highest BCUT2D eigenvalue weighted by Crippen LogP contribution is 2.29. The zero-order valence-corrected chi connectivity index (χ0v) is 10.9. The summed E-state index contributed by atoms with van der Waals surface area (Å²) in [7, 11) is 1.54. The van der Waals surface area contributed by atoms with Crippen LogP contribution in [0.5, 0.6) is 17.5 Å². The van der Waals surface area contributed by atoms with Crippen molar-refractivity contribution in [1.29, 1.82) is 0 Å². The van der Waals surface area contributed by atoms with E-state index in [4.69, 9.17) is 15.2 Å². The van der Waals surface area contributed by atoms with Gasteiger partial charge in [-0.1, -0.05) is 12.1 Å². The van der Waals surface area contributed by atoms with Crippen LogP contribution in [0.1, 0.15) is 0 Å². The second-order valence-electron chi connectivity index (χ2n) is 4.20. The molecule has 3 rings (SSSR count). The molecule has 0 saturated heterocycles. The van der Waals surface area contributed by atoms with E-state index in [0.29, 0.717) is 23.2 Å². The highest BCUT2D eigenvalue weighted by atomic mass is 16.5. The quantitative estimate of drug-likeness (QED) is 0.739. The third-order valence-electron chi connectivity index (χ3n) is 2.80. The molecule has 0 amide bonds. The van der Waals surface area contributed by atoms with Gasteiger partial charge in [0.2, 0.25) is 0 Å². The number of para-hydroxylation sites is 2. The van der Waals surface area contributed by atoms with Gasteiger partial charge >= 0.3 is 0 Å². The van der Waals surface area contributed by atoms with Crippen LogP contribution in [0.25, 0.3) is 11.0 Å². The van der Waals surface area contributed by atoms with Crippen LogP contribution in [0.4, 0.5) is 5.69 Å². The standard InChI is InChI=1S/C15H13N3O2/c1-19-14-15(20-11-8-6-10(16)7-9-11)18-13-5-3-2-4-12(13)17-14/h2-9H,16H2,1H3. The summed E-state index contributed by atoms with van der Waals surface area (Å²) in [6.07, 6.45) is 0. The molecule has 100 valence electrons. The van der Waals surface area contributed by atoms with Crippen LogP contribution in [0.2, 0.25) is 0 Å². The maximum absolute atomic E-state index is 5.71. The molecule has 0 aliphatic heterocycles. The monoisotopic (exact) mass is 267 g/mol. The molecule has 0 fully saturated rings. The van der Waals surface area contributed by atoms with E-state index in [0.717, 1.165) is 11.0 Å². The lowest BCUT2D eigenvalue weighted by Gasteiger charge is -2.09. The number of hydrogen-bond donors (Lipinski definition) is 1. The van der Waals surface area contributed by atoms with E-state index in [2.05, 4.69) is 9.97 Å². The van der Waals surface area contributed by atoms with E-state index in [-0.39, 0.29) is 0 Å². The summed E-state index contributed by atoms with van der Waals surface area (Å²) in [5, 5.41) is 0. The van der Waals surface area contributed by atoms with Gasteiger partial charge in [-0.15, -0.1) is 0 Å². The molecule has 2 N–H and O–H groups in total. The van der Waals surface area contributed by atoms with Crippen molar-refractivity contribution in [3.05, 3.63) is 48.5 Å². The van der Waals surface area contributed by atoms with Crippen molar-refractivity contribution in [2.75, 3.05) is 12.8 Å². The van der Waals surface area contributed by atoms with E-state index < -0.39 is 0 Å². The number of fused-ring (bicyclic) bond motifs is 1. The molecule has 0 aliphatic rings. The molecule has 0 bridgehead atoms. The summed E-state index contributed by atoms with van der Waals surface area (Å²) in [4.78, 5) is 8.80. The van der Waals surface area contributed by atoms with Crippen LogP contribution in [-0.2, 0) is 0 Å². The SMILES string of the molecule is COc1nc2ccccc2nc1Oc1ccc(N)cc1. The summed E-state index contributed by atoms with van der Waals surface area (Å²) in [5.41, 5.74) is 7.82. The predicted octanol–water partition coefficient (Wildman–Crippen LogP) is 3.01. The van der Waals surface area contributed by atoms with Gasteiger partial charge in [-0.3, -0.25) is 0 Å². The number of benzene rings is 2. The molecular weight excluding hydrogens is 254 g/mol. The van der Waals surface area contributed by atoms with Gasteiger partial charge in [-0.05, 0) is 36.4 Å². The van der Waals surface area contributed by atoms with Gasteiger partial charge in [0, 0.05) is 5.69 Å². The molecule has 0 aliphatic carbocycles. The van der Waals surface area contributed by atoms with Gasteiger partial charge in [-0.2, -0.15) is 0 Å². The minimum Gasteiger partial charge on any atom is -0.477 e. The van der Waals surface area contributed by atoms with Crippen molar-refractivity contribution in [2.24, 2.45) is 0 Å². The smallest absolute Gasteiger partial charge is 0.284 e. The van der Waals surface area contributed by atoms with Crippen molar-refractivity contribution >= 4 is 16.7 Å². The largest absolute Gasteiger partial charge is 0.477 e. The number of anilines is 1. The molecule has 0 radical (unpaired) electrons. The fourth-order valence-corrected chi connectivity index (χ4v) is 1.81. The second kappa shape index (κ2) is 5.05. The second-order valence-corrected chi connectivity index (χ2v) is 4.20. The molecule has 3 aromatic rings. The number of nitrogen functional groups attached to an aromatic ring is 1. The summed E-state index contributed by atoms with van der Waals surface area (Å²) < 4.78 is 10.9. The van der Waals surface area contributed by atoms with E-state index in [1.54, 1.807) is 24.3 Å². The highest BCUT2D eigenvalue weighted by molar-refractivity contribution is 5.75. The molecule has 0 spiro atoms. The summed E-state index contributed by atoms with van der Waals surface area (Å²) in [5.74, 6) is 1.30. The van der Waals surface area contributed by atoms with E-state index >= 15 is 0 Å². The minimum absolute atomic E-state index is 0.330. The minimum atomic E-state index is 0.330. The average molecular weight is 267 g/mol. The number of methoxy groups -OCH3 is 1. The first-order valence-corrected chi connectivity index (χ1v) is 6.10. The molecule has 0 saturated carbocycles. The molecule has 5 heteroatoms. The maximum atomic E-state index is 5.71. The Bertz CT molecular complexity index is 742. The Morgan fingerprint density at radius 3 is 2.05 bits per heavy atom. The molecule has 2 aromatic carbocycles. The maximum Gasteiger partial charge on any atom is 0.284 e. The Kier molecular flexibility index (Phi) is 3.09. The number of ether oxygens (including phenoxy) is 2. The molecule has 0 atom stereocenters. The molecule has 5 nitrogen and oxygen atoms in total. The fraction of sp³-hybridized carbons (Fsp3) is 0.0667. The first-order valence-electron chi connectivity index (χ1n) is 6.10. The number of aromatic nitrogens is 2. The van der Waals surface area contributed by atoms with Crippen LogP contribution in [0, 0.1) is 0 Å². The summed E-state index contributed by atoms with van der Waals surface area (Å²) in [6.45, 7) is 0. The third kappa shape index (κ3) is 2.33.